The monoisotopic (exact) mass is 378 g/mol. The van der Waals surface area contributed by atoms with Crippen LogP contribution in [0.4, 0.5) is 4.79 Å². The molecule has 2 rings (SSSR count). The molecule has 6 nitrogen and oxygen atoms in total. The van der Waals surface area contributed by atoms with E-state index in [4.69, 9.17) is 9.47 Å². The Kier molecular flexibility index (Phi) is 7.92. The van der Waals surface area contributed by atoms with E-state index >= 15 is 0 Å². The summed E-state index contributed by atoms with van der Waals surface area (Å²) in [6.45, 7) is 9.80. The Balaban J connectivity index is 1.79. The van der Waals surface area contributed by atoms with Crippen LogP contribution >= 0.6 is 0 Å². The molecule has 0 saturated carbocycles. The van der Waals surface area contributed by atoms with Crippen molar-refractivity contribution in [2.24, 2.45) is 0 Å². The third kappa shape index (κ3) is 8.18. The number of carbonyl (C=O) groups is 1. The fourth-order valence-corrected chi connectivity index (χ4v) is 3.27. The van der Waals surface area contributed by atoms with Crippen LogP contribution < -0.4 is 10.1 Å². The molecule has 27 heavy (non-hydrogen) atoms. The second kappa shape index (κ2) is 9.95. The van der Waals surface area contributed by atoms with E-state index < -0.39 is 17.8 Å². The quantitative estimate of drug-likeness (QED) is 0.763. The van der Waals surface area contributed by atoms with Gasteiger partial charge in [0.05, 0.1) is 0 Å². The van der Waals surface area contributed by atoms with Crippen molar-refractivity contribution < 1.29 is 19.4 Å². The number of rotatable bonds is 7. The Bertz CT molecular complexity index is 600. The summed E-state index contributed by atoms with van der Waals surface area (Å²) >= 11 is 0. The minimum atomic E-state index is -0.576. The van der Waals surface area contributed by atoms with Gasteiger partial charge < -0.3 is 19.9 Å². The highest BCUT2D eigenvalue weighted by atomic mass is 16.6. The summed E-state index contributed by atoms with van der Waals surface area (Å²) in [7, 11) is 0. The Hall–Kier alpha value is -1.79. The molecular formula is C21H34N2O4. The number of ether oxygens (including phenoxy) is 2. The molecular weight excluding hydrogens is 344 g/mol. The van der Waals surface area contributed by atoms with Gasteiger partial charge in [0.15, 0.2) is 0 Å². The average molecular weight is 379 g/mol. The number of piperidine rings is 1. The molecule has 6 heteroatoms. The smallest absolute Gasteiger partial charge is 0.407 e. The predicted molar refractivity (Wildman–Crippen MR) is 106 cm³/mol. The highest BCUT2D eigenvalue weighted by Gasteiger charge is 2.26. The number of amides is 1. The number of likely N-dealkylation sites (tertiary alicyclic amines) is 1. The van der Waals surface area contributed by atoms with E-state index in [2.05, 4.69) is 10.2 Å². The van der Waals surface area contributed by atoms with Crippen LogP contribution in [0.25, 0.3) is 0 Å². The maximum atomic E-state index is 11.9. The van der Waals surface area contributed by atoms with Crippen LogP contribution in [0.1, 0.15) is 45.6 Å². The summed E-state index contributed by atoms with van der Waals surface area (Å²) in [5, 5.41) is 13.3. The standard InChI is InChI=1S/C21H34N2O4/c1-16-8-7-10-19(12-16)26-15-18(24)14-23-11-6-5-9-17(23)13-22-20(25)27-21(2,3)4/h7-8,10,12,17-18,24H,5-6,9,11,13-15H2,1-4H3,(H,22,25). The fourth-order valence-electron chi connectivity index (χ4n) is 3.27. The van der Waals surface area contributed by atoms with E-state index in [1.165, 1.54) is 0 Å². The van der Waals surface area contributed by atoms with Gasteiger partial charge in [0.1, 0.15) is 24.1 Å². The van der Waals surface area contributed by atoms with Crippen molar-refractivity contribution in [2.45, 2.75) is 64.7 Å². The van der Waals surface area contributed by atoms with Gasteiger partial charge in [0, 0.05) is 19.1 Å². The second-order valence-corrected chi connectivity index (χ2v) is 8.31. The Morgan fingerprint density at radius 2 is 2.15 bits per heavy atom. The molecule has 0 aliphatic carbocycles. The number of nitrogens with zero attached hydrogens (tertiary/aromatic N) is 1. The first-order chi connectivity index (χ1) is 12.7. The predicted octanol–water partition coefficient (Wildman–Crippen LogP) is 3.11. The molecule has 1 aliphatic heterocycles. The van der Waals surface area contributed by atoms with Crippen LogP contribution in [-0.4, -0.2) is 60.1 Å². The van der Waals surface area contributed by atoms with Crippen molar-refractivity contribution in [3.05, 3.63) is 29.8 Å². The number of β-amino-alcohol motifs (C(OH)–C–C–N with tert-alkyl or cyclic N) is 1. The van der Waals surface area contributed by atoms with Crippen LogP contribution in [0.15, 0.2) is 24.3 Å². The number of aryl methyl sites for hydroxylation is 1. The van der Waals surface area contributed by atoms with Crippen molar-refractivity contribution in [1.29, 1.82) is 0 Å². The molecule has 0 aromatic heterocycles. The largest absolute Gasteiger partial charge is 0.491 e. The summed E-state index contributed by atoms with van der Waals surface area (Å²) in [5.74, 6) is 0.774. The Morgan fingerprint density at radius 1 is 1.37 bits per heavy atom. The highest BCUT2D eigenvalue weighted by molar-refractivity contribution is 5.67. The molecule has 0 bridgehead atoms. The van der Waals surface area contributed by atoms with E-state index in [0.717, 1.165) is 37.1 Å². The summed E-state index contributed by atoms with van der Waals surface area (Å²) in [6, 6.07) is 8.02. The number of hydrogen-bond acceptors (Lipinski definition) is 5. The molecule has 1 fully saturated rings. The Labute approximate surface area is 162 Å². The molecule has 2 N–H and O–H groups in total. The number of carbonyl (C=O) groups excluding carboxylic acids is 1. The number of alkyl carbamates (subject to hydrolysis) is 1. The Morgan fingerprint density at radius 3 is 2.85 bits per heavy atom. The van der Waals surface area contributed by atoms with Gasteiger partial charge >= 0.3 is 6.09 Å². The van der Waals surface area contributed by atoms with E-state index in [-0.39, 0.29) is 12.6 Å². The maximum Gasteiger partial charge on any atom is 0.407 e. The third-order valence-corrected chi connectivity index (χ3v) is 4.51. The zero-order valence-corrected chi connectivity index (χ0v) is 17.0. The maximum absolute atomic E-state index is 11.9. The lowest BCUT2D eigenvalue weighted by Gasteiger charge is -2.37. The SMILES string of the molecule is Cc1cccc(OCC(O)CN2CCCCC2CNC(=O)OC(C)(C)C)c1. The lowest BCUT2D eigenvalue weighted by molar-refractivity contribution is 0.0337. The van der Waals surface area contributed by atoms with Gasteiger partial charge in [-0.1, -0.05) is 18.6 Å². The van der Waals surface area contributed by atoms with E-state index in [1.807, 2.05) is 52.0 Å². The van der Waals surface area contributed by atoms with Gasteiger partial charge in [-0.2, -0.15) is 0 Å². The van der Waals surface area contributed by atoms with Gasteiger partial charge in [-0.3, -0.25) is 4.90 Å². The van der Waals surface area contributed by atoms with E-state index in [9.17, 15) is 9.90 Å². The summed E-state index contributed by atoms with van der Waals surface area (Å²) in [5.41, 5.74) is 0.630. The van der Waals surface area contributed by atoms with Crippen LogP contribution in [0.2, 0.25) is 0 Å². The molecule has 2 unspecified atom stereocenters. The van der Waals surface area contributed by atoms with Crippen molar-refractivity contribution in [3.8, 4) is 5.75 Å². The van der Waals surface area contributed by atoms with Crippen molar-refractivity contribution in [2.75, 3.05) is 26.2 Å². The zero-order chi connectivity index (χ0) is 19.9. The lowest BCUT2D eigenvalue weighted by atomic mass is 10.0. The summed E-state index contributed by atoms with van der Waals surface area (Å²) in [6.07, 6.45) is 2.27. The first-order valence-corrected chi connectivity index (χ1v) is 9.81. The molecule has 1 saturated heterocycles. The molecule has 1 amide bonds. The minimum Gasteiger partial charge on any atom is -0.491 e. The van der Waals surface area contributed by atoms with E-state index in [1.54, 1.807) is 0 Å². The van der Waals surface area contributed by atoms with E-state index in [0.29, 0.717) is 13.1 Å². The molecule has 1 aliphatic rings. The topological polar surface area (TPSA) is 71.0 Å². The van der Waals surface area contributed by atoms with Crippen molar-refractivity contribution in [1.82, 2.24) is 10.2 Å². The zero-order valence-electron chi connectivity index (χ0n) is 17.0. The summed E-state index contributed by atoms with van der Waals surface area (Å²) in [4.78, 5) is 14.1. The van der Waals surface area contributed by atoms with Crippen LogP contribution in [-0.2, 0) is 4.74 Å². The molecule has 1 heterocycles. The first kappa shape index (κ1) is 21.5. The van der Waals surface area contributed by atoms with Crippen LogP contribution in [0.5, 0.6) is 5.75 Å². The van der Waals surface area contributed by atoms with Gasteiger partial charge in [0.2, 0.25) is 0 Å². The van der Waals surface area contributed by atoms with Gasteiger partial charge in [-0.05, 0) is 64.8 Å². The minimum absolute atomic E-state index is 0.208. The molecule has 0 spiro atoms. The van der Waals surface area contributed by atoms with Gasteiger partial charge in [0.25, 0.3) is 0 Å². The number of hydrogen-bond donors (Lipinski definition) is 2. The lowest BCUT2D eigenvalue weighted by Crippen LogP contribution is -2.50. The average Bonchev–Trinajstić information content (AvgIpc) is 2.58. The number of aliphatic hydroxyl groups is 1. The molecule has 152 valence electrons. The molecule has 2 atom stereocenters. The van der Waals surface area contributed by atoms with Crippen molar-refractivity contribution >= 4 is 6.09 Å². The van der Waals surface area contributed by atoms with Crippen LogP contribution in [0, 0.1) is 6.92 Å². The summed E-state index contributed by atoms with van der Waals surface area (Å²) < 4.78 is 11.0. The van der Waals surface area contributed by atoms with Crippen LogP contribution in [0.3, 0.4) is 0 Å². The second-order valence-electron chi connectivity index (χ2n) is 8.31. The number of aliphatic hydroxyl groups excluding tert-OH is 1. The highest BCUT2D eigenvalue weighted by Crippen LogP contribution is 2.18. The molecule has 1 aromatic carbocycles. The van der Waals surface area contributed by atoms with Crippen molar-refractivity contribution in [3.63, 3.8) is 0 Å². The number of benzene rings is 1. The number of nitrogens with one attached hydrogen (secondary N) is 1. The normalized spacial score (nSPS) is 19.4. The third-order valence-electron chi connectivity index (χ3n) is 4.51. The fraction of sp³-hybridized carbons (Fsp3) is 0.667. The molecule has 1 aromatic rings. The molecule has 0 radical (unpaired) electrons. The first-order valence-electron chi connectivity index (χ1n) is 9.81. The van der Waals surface area contributed by atoms with Gasteiger partial charge in [-0.15, -0.1) is 0 Å². The van der Waals surface area contributed by atoms with Gasteiger partial charge in [-0.25, -0.2) is 4.79 Å².